The molecule has 1 aliphatic rings. The Hall–Kier alpha value is -3.94. The molecule has 5 aromatic carbocycles. The molecule has 0 aliphatic carbocycles. The number of hydrogen-bond acceptors (Lipinski definition) is 0. The van der Waals surface area contributed by atoms with E-state index in [1.54, 1.807) is 0 Å². The number of benzene rings is 5. The zero-order valence-corrected chi connectivity index (χ0v) is 20.3. The quantitative estimate of drug-likeness (QED) is 0.295. The van der Waals surface area contributed by atoms with Gasteiger partial charge in [-0.05, 0) is 66.8 Å². The Morgan fingerprint density at radius 1 is 0.647 bits per heavy atom. The smallest absolute Gasteiger partial charge is 0.0984 e. The maximum atomic E-state index is 4.06. The van der Waals surface area contributed by atoms with Crippen molar-refractivity contribution in [1.29, 1.82) is 0 Å². The summed E-state index contributed by atoms with van der Waals surface area (Å²) < 4.78 is 0. The Balaban J connectivity index is 1.80. The third kappa shape index (κ3) is 2.84. The van der Waals surface area contributed by atoms with Gasteiger partial charge >= 0.3 is 0 Å². The Morgan fingerprint density at radius 2 is 1.29 bits per heavy atom. The summed E-state index contributed by atoms with van der Waals surface area (Å²) in [5.41, 5.74) is 5.16. The van der Waals surface area contributed by atoms with Crippen molar-refractivity contribution in [2.45, 2.75) is 6.92 Å². The van der Waals surface area contributed by atoms with E-state index in [1.807, 2.05) is 6.08 Å². The van der Waals surface area contributed by atoms with E-state index in [2.05, 4.69) is 135 Å². The summed E-state index contributed by atoms with van der Waals surface area (Å²) in [4.78, 5) is 0. The molecule has 0 spiro atoms. The molecule has 1 heteroatoms. The first-order chi connectivity index (χ1) is 16.8. The van der Waals surface area contributed by atoms with Gasteiger partial charge < -0.3 is 0 Å². The maximum absolute atomic E-state index is 4.06. The molecule has 1 aliphatic heterocycles. The molecule has 162 valence electrons. The normalized spacial score (nSPS) is 13.7. The molecule has 1 heterocycles. The van der Waals surface area contributed by atoms with Gasteiger partial charge in [0.1, 0.15) is 0 Å². The van der Waals surface area contributed by atoms with Crippen LogP contribution in [0.4, 0.5) is 0 Å². The van der Waals surface area contributed by atoms with Crippen LogP contribution in [0.15, 0.2) is 122 Å². The highest BCUT2D eigenvalue weighted by Gasteiger charge is 2.48. The van der Waals surface area contributed by atoms with Crippen LogP contribution < -0.4 is 20.7 Å². The van der Waals surface area contributed by atoms with Crippen molar-refractivity contribution in [3.8, 4) is 11.1 Å². The average molecular weight is 451 g/mol. The van der Waals surface area contributed by atoms with E-state index >= 15 is 0 Å². The predicted molar refractivity (Wildman–Crippen MR) is 151 cm³/mol. The minimum absolute atomic E-state index is 1.17. The molecule has 0 radical (unpaired) electrons. The molecule has 0 amide bonds. The molecular formula is C33H26Si. The van der Waals surface area contributed by atoms with Crippen LogP contribution in [0, 0.1) is 0 Å². The van der Waals surface area contributed by atoms with Gasteiger partial charge in [-0.1, -0.05) is 128 Å². The molecule has 0 unspecified atom stereocenters. The zero-order chi connectivity index (χ0) is 23.1. The summed E-state index contributed by atoms with van der Waals surface area (Å²) in [7, 11) is -2.44. The summed E-state index contributed by atoms with van der Waals surface area (Å²) in [5.74, 6) is 0. The van der Waals surface area contributed by atoms with Gasteiger partial charge in [-0.25, -0.2) is 0 Å². The minimum atomic E-state index is -2.44. The second kappa shape index (κ2) is 8.13. The Bertz CT molecular complexity index is 1520. The Labute approximate surface area is 202 Å². The van der Waals surface area contributed by atoms with Crippen LogP contribution in [0.1, 0.15) is 18.1 Å². The second-order valence-corrected chi connectivity index (χ2v) is 12.7. The van der Waals surface area contributed by atoms with E-state index in [0.717, 1.165) is 0 Å². The van der Waals surface area contributed by atoms with Crippen LogP contribution in [0.3, 0.4) is 0 Å². The van der Waals surface area contributed by atoms with Crippen molar-refractivity contribution >= 4 is 51.7 Å². The highest BCUT2D eigenvalue weighted by atomic mass is 28.3. The van der Waals surface area contributed by atoms with Crippen LogP contribution in [0.25, 0.3) is 34.1 Å². The maximum Gasteiger partial charge on any atom is 0.180 e. The lowest BCUT2D eigenvalue weighted by Crippen LogP contribution is -2.72. The monoisotopic (exact) mass is 450 g/mol. The van der Waals surface area contributed by atoms with Crippen LogP contribution in [0.2, 0.25) is 0 Å². The number of hydrogen-bond donors (Lipinski definition) is 0. The van der Waals surface area contributed by atoms with E-state index in [4.69, 9.17) is 0 Å². The zero-order valence-electron chi connectivity index (χ0n) is 19.3. The summed E-state index contributed by atoms with van der Waals surface area (Å²) in [6.45, 7) is 6.14. The van der Waals surface area contributed by atoms with Crippen molar-refractivity contribution < 1.29 is 0 Å². The van der Waals surface area contributed by atoms with Crippen molar-refractivity contribution in [1.82, 2.24) is 0 Å². The Morgan fingerprint density at radius 3 is 1.94 bits per heavy atom. The first-order valence-electron chi connectivity index (χ1n) is 11.9. The summed E-state index contributed by atoms with van der Waals surface area (Å²) in [6.07, 6.45) is 6.30. The van der Waals surface area contributed by atoms with Crippen molar-refractivity contribution in [2.24, 2.45) is 0 Å². The predicted octanol–water partition coefficient (Wildman–Crippen LogP) is 5.87. The molecule has 6 rings (SSSR count). The summed E-state index contributed by atoms with van der Waals surface area (Å²) in [6, 6.07) is 40.8. The largest absolute Gasteiger partial charge is 0.180 e. The summed E-state index contributed by atoms with van der Waals surface area (Å²) >= 11 is 0. The van der Waals surface area contributed by atoms with Crippen molar-refractivity contribution in [2.75, 3.05) is 0 Å². The lowest BCUT2D eigenvalue weighted by atomic mass is 9.95. The lowest BCUT2D eigenvalue weighted by molar-refractivity contribution is 1.66. The average Bonchev–Trinajstić information content (AvgIpc) is 3.19. The van der Waals surface area contributed by atoms with Crippen LogP contribution >= 0.6 is 0 Å². The minimum Gasteiger partial charge on any atom is -0.0984 e. The second-order valence-electron chi connectivity index (χ2n) is 8.92. The molecule has 0 N–H and O–H groups in total. The van der Waals surface area contributed by atoms with Crippen molar-refractivity contribution in [3.05, 3.63) is 133 Å². The first kappa shape index (κ1) is 20.6. The highest BCUT2D eigenvalue weighted by Crippen LogP contribution is 2.34. The van der Waals surface area contributed by atoms with Crippen LogP contribution in [0.5, 0.6) is 0 Å². The highest BCUT2D eigenvalue weighted by molar-refractivity contribution is 7.22. The standard InChI is InChI=1S/C33H26Si/c1-3-13-28-24(4-2)20-21-25-22-33-31(23-30(25)28)29-18-11-12-19-32(29)34(33,26-14-7-5-8-15-26)27-16-9-6-10-17-27/h3-23H,2H2,1H3/b13-3-. The van der Waals surface area contributed by atoms with Gasteiger partial charge in [0.15, 0.2) is 8.07 Å². The van der Waals surface area contributed by atoms with Crippen LogP contribution in [-0.4, -0.2) is 8.07 Å². The van der Waals surface area contributed by atoms with E-state index in [-0.39, 0.29) is 0 Å². The fourth-order valence-corrected chi connectivity index (χ4v) is 11.0. The Kier molecular flexibility index (Phi) is 4.93. The molecule has 34 heavy (non-hydrogen) atoms. The van der Waals surface area contributed by atoms with Crippen molar-refractivity contribution in [3.63, 3.8) is 0 Å². The van der Waals surface area contributed by atoms with E-state index in [1.165, 1.54) is 53.8 Å². The van der Waals surface area contributed by atoms with Gasteiger partial charge in [0, 0.05) is 0 Å². The van der Waals surface area contributed by atoms with Gasteiger partial charge in [0.05, 0.1) is 0 Å². The van der Waals surface area contributed by atoms with Gasteiger partial charge in [-0.3, -0.25) is 0 Å². The van der Waals surface area contributed by atoms with Gasteiger partial charge in [-0.2, -0.15) is 0 Å². The molecule has 0 atom stereocenters. The molecule has 0 saturated heterocycles. The number of rotatable bonds is 4. The number of fused-ring (bicyclic) bond motifs is 4. The molecular weight excluding hydrogens is 424 g/mol. The first-order valence-corrected chi connectivity index (χ1v) is 13.9. The third-order valence-corrected chi connectivity index (χ3v) is 12.1. The fraction of sp³-hybridized carbons (Fsp3) is 0.0303. The lowest BCUT2D eigenvalue weighted by Gasteiger charge is -2.31. The van der Waals surface area contributed by atoms with Gasteiger partial charge in [0.25, 0.3) is 0 Å². The molecule has 0 nitrogen and oxygen atoms in total. The third-order valence-electron chi connectivity index (χ3n) is 7.23. The van der Waals surface area contributed by atoms with Gasteiger partial charge in [0.2, 0.25) is 0 Å². The topological polar surface area (TPSA) is 0 Å². The van der Waals surface area contributed by atoms with E-state index in [0.29, 0.717) is 0 Å². The molecule has 0 saturated carbocycles. The van der Waals surface area contributed by atoms with Crippen LogP contribution in [-0.2, 0) is 0 Å². The number of allylic oxidation sites excluding steroid dienone is 1. The SMILES string of the molecule is C=Cc1ccc2cc3c(cc2c1/C=C\C)-c1ccccc1[Si]3(c1ccccc1)c1ccccc1. The molecule has 5 aromatic rings. The fourth-order valence-electron chi connectivity index (χ4n) is 5.83. The summed E-state index contributed by atoms with van der Waals surface area (Å²) in [5, 5.41) is 8.40. The molecule has 0 fully saturated rings. The van der Waals surface area contributed by atoms with Gasteiger partial charge in [-0.15, -0.1) is 0 Å². The molecule has 0 aromatic heterocycles. The van der Waals surface area contributed by atoms with E-state index < -0.39 is 8.07 Å². The van der Waals surface area contributed by atoms with E-state index in [9.17, 15) is 0 Å². The molecule has 0 bridgehead atoms.